The van der Waals surface area contributed by atoms with E-state index in [1.54, 1.807) is 19.4 Å². The Hall–Kier alpha value is -2.60. The van der Waals surface area contributed by atoms with Gasteiger partial charge >= 0.3 is 6.01 Å². The van der Waals surface area contributed by atoms with Gasteiger partial charge in [0, 0.05) is 35.9 Å². The van der Waals surface area contributed by atoms with Crippen LogP contribution in [0.5, 0.6) is 17.6 Å². The summed E-state index contributed by atoms with van der Waals surface area (Å²) in [6.07, 6.45) is 4.64. The van der Waals surface area contributed by atoms with Crippen LogP contribution in [-0.4, -0.2) is 47.6 Å². The number of aromatic amines is 1. The molecule has 2 aromatic heterocycles. The van der Waals surface area contributed by atoms with Gasteiger partial charge in [0.2, 0.25) is 5.88 Å². The molecule has 1 aromatic carbocycles. The summed E-state index contributed by atoms with van der Waals surface area (Å²) >= 11 is 0. The van der Waals surface area contributed by atoms with Crippen LogP contribution < -0.4 is 9.47 Å². The van der Waals surface area contributed by atoms with Crippen molar-refractivity contribution in [1.29, 1.82) is 0 Å². The Morgan fingerprint density at radius 3 is 2.87 bits per heavy atom. The Balaban J connectivity index is 1.85. The molecule has 0 unspecified atom stereocenters. The fourth-order valence-electron chi connectivity index (χ4n) is 2.37. The molecule has 0 saturated heterocycles. The molecule has 6 nitrogen and oxygen atoms in total. The monoisotopic (exact) mass is 312 g/mol. The average Bonchev–Trinajstić information content (AvgIpc) is 2.95. The molecule has 120 valence electrons. The third kappa shape index (κ3) is 3.60. The normalized spacial score (nSPS) is 11.1. The molecule has 0 bridgehead atoms. The summed E-state index contributed by atoms with van der Waals surface area (Å²) in [6.45, 7) is 0.997. The van der Waals surface area contributed by atoms with Crippen LogP contribution in [0.1, 0.15) is 5.56 Å². The highest BCUT2D eigenvalue weighted by Crippen LogP contribution is 2.26. The van der Waals surface area contributed by atoms with Gasteiger partial charge in [0.05, 0.1) is 7.11 Å². The lowest BCUT2D eigenvalue weighted by molar-refractivity contribution is 0.376. The first-order valence-corrected chi connectivity index (χ1v) is 7.45. The van der Waals surface area contributed by atoms with Gasteiger partial charge in [0.25, 0.3) is 0 Å². The number of aromatic nitrogens is 3. The average molecular weight is 312 g/mol. The minimum absolute atomic E-state index is 0.272. The second-order valence-corrected chi connectivity index (χ2v) is 5.56. The van der Waals surface area contributed by atoms with Gasteiger partial charge in [-0.15, -0.1) is 0 Å². The fourth-order valence-corrected chi connectivity index (χ4v) is 2.37. The zero-order valence-corrected chi connectivity index (χ0v) is 13.5. The highest BCUT2D eigenvalue weighted by Gasteiger charge is 2.08. The van der Waals surface area contributed by atoms with Gasteiger partial charge in [0.1, 0.15) is 5.75 Å². The lowest BCUT2D eigenvalue weighted by Gasteiger charge is -2.09. The summed E-state index contributed by atoms with van der Waals surface area (Å²) in [5.74, 6) is 1.18. The largest absolute Gasteiger partial charge is 0.481 e. The van der Waals surface area contributed by atoms with Gasteiger partial charge in [-0.1, -0.05) is 0 Å². The van der Waals surface area contributed by atoms with Crippen LogP contribution in [0.4, 0.5) is 0 Å². The molecule has 0 atom stereocenters. The molecule has 6 heteroatoms. The molecule has 0 saturated carbocycles. The van der Waals surface area contributed by atoms with Crippen LogP contribution in [0.15, 0.2) is 36.7 Å². The second kappa shape index (κ2) is 6.66. The number of hydrogen-bond acceptors (Lipinski definition) is 5. The Labute approximate surface area is 135 Å². The summed E-state index contributed by atoms with van der Waals surface area (Å²) in [4.78, 5) is 13.7. The lowest BCUT2D eigenvalue weighted by Crippen LogP contribution is -2.14. The number of benzene rings is 1. The number of methoxy groups -OCH3 is 1. The van der Waals surface area contributed by atoms with Gasteiger partial charge in [-0.2, -0.15) is 4.98 Å². The summed E-state index contributed by atoms with van der Waals surface area (Å²) in [6, 6.07) is 7.87. The van der Waals surface area contributed by atoms with Crippen LogP contribution in [0.3, 0.4) is 0 Å². The Morgan fingerprint density at radius 1 is 1.22 bits per heavy atom. The van der Waals surface area contributed by atoms with E-state index < -0.39 is 0 Å². The third-order valence-corrected chi connectivity index (χ3v) is 3.59. The van der Waals surface area contributed by atoms with Crippen molar-refractivity contribution in [2.45, 2.75) is 6.42 Å². The molecular weight excluding hydrogens is 292 g/mol. The van der Waals surface area contributed by atoms with Crippen molar-refractivity contribution in [3.05, 3.63) is 42.2 Å². The predicted octanol–water partition coefficient (Wildman–Crippen LogP) is 2.86. The van der Waals surface area contributed by atoms with E-state index in [-0.39, 0.29) is 6.01 Å². The Bertz CT molecular complexity index is 798. The molecule has 2 heterocycles. The van der Waals surface area contributed by atoms with E-state index >= 15 is 0 Å². The maximum Gasteiger partial charge on any atom is 0.325 e. The second-order valence-electron chi connectivity index (χ2n) is 5.56. The van der Waals surface area contributed by atoms with E-state index in [1.165, 1.54) is 5.56 Å². The SMILES string of the molecule is COc1ccnc(Oc2ccc3[nH]cc(CCN(C)C)c3c2)n1. The highest BCUT2D eigenvalue weighted by atomic mass is 16.5. The van der Waals surface area contributed by atoms with Crippen molar-refractivity contribution < 1.29 is 9.47 Å². The Kier molecular flexibility index (Phi) is 4.43. The molecule has 23 heavy (non-hydrogen) atoms. The van der Waals surface area contributed by atoms with E-state index in [9.17, 15) is 0 Å². The van der Waals surface area contributed by atoms with Crippen molar-refractivity contribution in [1.82, 2.24) is 19.9 Å². The topological polar surface area (TPSA) is 63.3 Å². The highest BCUT2D eigenvalue weighted by molar-refractivity contribution is 5.84. The van der Waals surface area contributed by atoms with Crippen LogP contribution in [0, 0.1) is 0 Å². The predicted molar refractivity (Wildman–Crippen MR) is 89.2 cm³/mol. The quantitative estimate of drug-likeness (QED) is 0.758. The van der Waals surface area contributed by atoms with E-state index in [0.29, 0.717) is 11.6 Å². The minimum atomic E-state index is 0.272. The number of ether oxygens (including phenoxy) is 2. The molecule has 0 amide bonds. The summed E-state index contributed by atoms with van der Waals surface area (Å²) in [5.41, 5.74) is 2.36. The maximum absolute atomic E-state index is 5.75. The van der Waals surface area contributed by atoms with E-state index in [0.717, 1.165) is 23.9 Å². The van der Waals surface area contributed by atoms with Crippen molar-refractivity contribution >= 4 is 10.9 Å². The van der Waals surface area contributed by atoms with Crippen LogP contribution in [0.2, 0.25) is 0 Å². The molecular formula is C17H20N4O2. The Morgan fingerprint density at radius 2 is 2.09 bits per heavy atom. The minimum Gasteiger partial charge on any atom is -0.481 e. The van der Waals surface area contributed by atoms with Crippen LogP contribution >= 0.6 is 0 Å². The molecule has 3 aromatic rings. The molecule has 0 spiro atoms. The molecule has 0 aliphatic carbocycles. The number of nitrogens with zero attached hydrogens (tertiary/aromatic N) is 3. The molecule has 0 fully saturated rings. The molecule has 3 rings (SSSR count). The first-order chi connectivity index (χ1) is 11.2. The van der Waals surface area contributed by atoms with Crippen molar-refractivity contribution in [2.75, 3.05) is 27.7 Å². The summed E-state index contributed by atoms with van der Waals surface area (Å²) in [5, 5.41) is 1.16. The van der Waals surface area contributed by atoms with Gasteiger partial charge in [0.15, 0.2) is 0 Å². The fraction of sp³-hybridized carbons (Fsp3) is 0.294. The molecule has 0 aliphatic rings. The number of fused-ring (bicyclic) bond motifs is 1. The van der Waals surface area contributed by atoms with Crippen LogP contribution in [0.25, 0.3) is 10.9 Å². The first-order valence-electron chi connectivity index (χ1n) is 7.45. The summed E-state index contributed by atoms with van der Waals surface area (Å²) in [7, 11) is 5.71. The molecule has 0 radical (unpaired) electrons. The summed E-state index contributed by atoms with van der Waals surface area (Å²) < 4.78 is 10.8. The van der Waals surface area contributed by atoms with E-state index in [2.05, 4.69) is 40.1 Å². The number of nitrogens with one attached hydrogen (secondary N) is 1. The zero-order valence-electron chi connectivity index (χ0n) is 13.5. The van der Waals surface area contributed by atoms with Crippen molar-refractivity contribution in [2.24, 2.45) is 0 Å². The number of H-pyrrole nitrogens is 1. The van der Waals surface area contributed by atoms with E-state index in [4.69, 9.17) is 9.47 Å². The maximum atomic E-state index is 5.75. The van der Waals surface area contributed by atoms with Gasteiger partial charge in [-0.3, -0.25) is 0 Å². The van der Waals surface area contributed by atoms with Gasteiger partial charge in [-0.05, 0) is 44.3 Å². The number of hydrogen-bond donors (Lipinski definition) is 1. The third-order valence-electron chi connectivity index (χ3n) is 3.59. The van der Waals surface area contributed by atoms with Crippen molar-refractivity contribution in [3.63, 3.8) is 0 Å². The van der Waals surface area contributed by atoms with Gasteiger partial charge in [-0.25, -0.2) is 4.98 Å². The standard InChI is InChI=1S/C17H20N4O2/c1-21(2)9-7-12-11-19-15-5-4-13(10-14(12)15)23-17-18-8-6-16(20-17)22-3/h4-6,8,10-11,19H,7,9H2,1-3H3. The zero-order chi connectivity index (χ0) is 16.2. The lowest BCUT2D eigenvalue weighted by atomic mass is 10.1. The van der Waals surface area contributed by atoms with E-state index in [1.807, 2.05) is 18.2 Å². The molecule has 0 aliphatic heterocycles. The first kappa shape index (κ1) is 15.3. The number of likely N-dealkylation sites (N-methyl/N-ethyl adjacent to an activating group) is 1. The van der Waals surface area contributed by atoms with Gasteiger partial charge < -0.3 is 19.4 Å². The van der Waals surface area contributed by atoms with Crippen molar-refractivity contribution in [3.8, 4) is 17.6 Å². The van der Waals surface area contributed by atoms with Crippen LogP contribution in [-0.2, 0) is 6.42 Å². The smallest absolute Gasteiger partial charge is 0.325 e. The number of rotatable bonds is 6. The molecule has 1 N–H and O–H groups in total.